The number of halogens is 1. The number of carboxylic acid groups (broad SMARTS) is 2. The molecule has 1 amide bonds. The molecule has 0 aliphatic carbocycles. The van der Waals surface area contributed by atoms with Crippen molar-refractivity contribution in [3.63, 3.8) is 0 Å². The Labute approximate surface area is 136 Å². The highest BCUT2D eigenvalue weighted by atomic mass is 35.5. The maximum absolute atomic E-state index is 12.1. The van der Waals surface area contributed by atoms with Crippen molar-refractivity contribution in [2.24, 2.45) is 0 Å². The van der Waals surface area contributed by atoms with Crippen molar-refractivity contribution in [1.29, 1.82) is 0 Å². The summed E-state index contributed by atoms with van der Waals surface area (Å²) in [4.78, 5) is 34.1. The molecule has 2 rings (SSSR count). The van der Waals surface area contributed by atoms with E-state index in [9.17, 15) is 14.4 Å². The number of amides is 1. The van der Waals surface area contributed by atoms with E-state index in [1.54, 1.807) is 6.07 Å². The third-order valence-corrected chi connectivity index (χ3v) is 3.49. The van der Waals surface area contributed by atoms with E-state index in [-0.39, 0.29) is 28.3 Å². The van der Waals surface area contributed by atoms with Gasteiger partial charge in [-0.2, -0.15) is 0 Å². The molecule has 0 radical (unpaired) electrons. The van der Waals surface area contributed by atoms with Crippen LogP contribution in [-0.2, 0) is 6.54 Å². The Morgan fingerprint density at radius 2 is 1.61 bits per heavy atom. The second kappa shape index (κ2) is 6.93. The molecule has 23 heavy (non-hydrogen) atoms. The predicted molar refractivity (Wildman–Crippen MR) is 83.0 cm³/mol. The van der Waals surface area contributed by atoms with Gasteiger partial charge in [0.15, 0.2) is 0 Å². The lowest BCUT2D eigenvalue weighted by molar-refractivity contribution is 0.0684. The molecule has 3 N–H and O–H groups in total. The second-order valence-electron chi connectivity index (χ2n) is 4.64. The molecule has 0 fully saturated rings. The van der Waals surface area contributed by atoms with E-state index in [2.05, 4.69) is 5.32 Å². The third-order valence-electron chi connectivity index (χ3n) is 3.14. The SMILES string of the molecule is O=C(O)c1ccc(CNC(=O)c2ccccc2C(=O)O)c(Cl)c1. The van der Waals surface area contributed by atoms with E-state index >= 15 is 0 Å². The molecule has 0 heterocycles. The Bertz CT molecular complexity index is 788. The Hall–Kier alpha value is -2.86. The fourth-order valence-corrected chi connectivity index (χ4v) is 2.21. The van der Waals surface area contributed by atoms with Crippen LogP contribution in [-0.4, -0.2) is 28.1 Å². The molecule has 0 atom stereocenters. The molecule has 0 spiro atoms. The van der Waals surface area contributed by atoms with Gasteiger partial charge in [0.05, 0.1) is 16.7 Å². The number of carbonyl (C=O) groups excluding carboxylic acids is 1. The first-order chi connectivity index (χ1) is 10.9. The Morgan fingerprint density at radius 1 is 0.957 bits per heavy atom. The number of aromatic carboxylic acids is 2. The Morgan fingerprint density at radius 3 is 2.17 bits per heavy atom. The lowest BCUT2D eigenvalue weighted by Crippen LogP contribution is -2.25. The summed E-state index contributed by atoms with van der Waals surface area (Å²) in [5.41, 5.74) is 0.509. The zero-order chi connectivity index (χ0) is 17.0. The first-order valence-corrected chi connectivity index (χ1v) is 6.90. The standard InChI is InChI=1S/C16H12ClNO5/c17-13-7-9(15(20)21)5-6-10(13)8-18-14(19)11-3-1-2-4-12(11)16(22)23/h1-7H,8H2,(H,18,19)(H,20,21)(H,22,23). The maximum atomic E-state index is 12.1. The number of carboxylic acids is 2. The summed E-state index contributed by atoms with van der Waals surface area (Å²) in [5, 5.41) is 20.7. The topological polar surface area (TPSA) is 104 Å². The summed E-state index contributed by atoms with van der Waals surface area (Å²) in [7, 11) is 0. The molecule has 0 unspecified atom stereocenters. The van der Waals surface area contributed by atoms with Gasteiger partial charge in [0.2, 0.25) is 0 Å². The van der Waals surface area contributed by atoms with Gasteiger partial charge in [-0.05, 0) is 29.8 Å². The van der Waals surface area contributed by atoms with Crippen LogP contribution in [0.25, 0.3) is 0 Å². The predicted octanol–water partition coefficient (Wildman–Crippen LogP) is 2.67. The van der Waals surface area contributed by atoms with Crippen LogP contribution in [0, 0.1) is 0 Å². The molecule has 0 aliphatic heterocycles. The average Bonchev–Trinajstić information content (AvgIpc) is 2.53. The molecule has 2 aromatic carbocycles. The van der Waals surface area contributed by atoms with Gasteiger partial charge < -0.3 is 15.5 Å². The normalized spacial score (nSPS) is 10.1. The smallest absolute Gasteiger partial charge is 0.336 e. The van der Waals surface area contributed by atoms with Crippen LogP contribution < -0.4 is 5.32 Å². The molecule has 0 saturated carbocycles. The van der Waals surface area contributed by atoms with Crippen molar-refractivity contribution in [1.82, 2.24) is 5.32 Å². The van der Waals surface area contributed by atoms with Gasteiger partial charge in [-0.3, -0.25) is 4.79 Å². The van der Waals surface area contributed by atoms with Crippen molar-refractivity contribution >= 4 is 29.4 Å². The molecule has 0 bridgehead atoms. The van der Waals surface area contributed by atoms with Gasteiger partial charge in [0.1, 0.15) is 0 Å². The summed E-state index contributed by atoms with van der Waals surface area (Å²) >= 11 is 5.98. The maximum Gasteiger partial charge on any atom is 0.336 e. The summed E-state index contributed by atoms with van der Waals surface area (Å²) in [6.07, 6.45) is 0. The summed E-state index contributed by atoms with van der Waals surface area (Å²) in [6, 6.07) is 10.0. The Kier molecular flexibility index (Phi) is 4.98. The highest BCUT2D eigenvalue weighted by molar-refractivity contribution is 6.31. The van der Waals surface area contributed by atoms with Gasteiger partial charge in [-0.15, -0.1) is 0 Å². The van der Waals surface area contributed by atoms with Gasteiger partial charge in [-0.1, -0.05) is 29.8 Å². The highest BCUT2D eigenvalue weighted by Gasteiger charge is 2.16. The van der Waals surface area contributed by atoms with Crippen molar-refractivity contribution < 1.29 is 24.6 Å². The van der Waals surface area contributed by atoms with Gasteiger partial charge >= 0.3 is 11.9 Å². The van der Waals surface area contributed by atoms with E-state index < -0.39 is 17.8 Å². The molecule has 0 aliphatic rings. The van der Waals surface area contributed by atoms with E-state index in [1.165, 1.54) is 36.4 Å². The van der Waals surface area contributed by atoms with E-state index in [0.717, 1.165) is 0 Å². The largest absolute Gasteiger partial charge is 0.478 e. The highest BCUT2D eigenvalue weighted by Crippen LogP contribution is 2.18. The van der Waals surface area contributed by atoms with Crippen molar-refractivity contribution in [2.45, 2.75) is 6.54 Å². The third kappa shape index (κ3) is 3.87. The van der Waals surface area contributed by atoms with Crippen molar-refractivity contribution in [3.05, 3.63) is 69.7 Å². The molecular weight excluding hydrogens is 322 g/mol. The summed E-state index contributed by atoms with van der Waals surface area (Å²) in [5.74, 6) is -2.85. The van der Waals surface area contributed by atoms with Crippen LogP contribution in [0.15, 0.2) is 42.5 Å². The number of hydrogen-bond donors (Lipinski definition) is 3. The molecular formula is C16H12ClNO5. The monoisotopic (exact) mass is 333 g/mol. The van der Waals surface area contributed by atoms with E-state index in [4.69, 9.17) is 21.8 Å². The van der Waals surface area contributed by atoms with Gasteiger partial charge in [0, 0.05) is 11.6 Å². The van der Waals surface area contributed by atoms with Crippen molar-refractivity contribution in [2.75, 3.05) is 0 Å². The number of carbonyl (C=O) groups is 3. The Balaban J connectivity index is 2.14. The molecule has 6 nitrogen and oxygen atoms in total. The first kappa shape index (κ1) is 16.5. The fourth-order valence-electron chi connectivity index (χ4n) is 1.96. The van der Waals surface area contributed by atoms with Crippen LogP contribution >= 0.6 is 11.6 Å². The number of rotatable bonds is 5. The van der Waals surface area contributed by atoms with Crippen LogP contribution in [0.4, 0.5) is 0 Å². The van der Waals surface area contributed by atoms with E-state index in [1.807, 2.05) is 0 Å². The first-order valence-electron chi connectivity index (χ1n) is 6.52. The summed E-state index contributed by atoms with van der Waals surface area (Å²) < 4.78 is 0. The lowest BCUT2D eigenvalue weighted by atomic mass is 10.1. The molecule has 2 aromatic rings. The van der Waals surface area contributed by atoms with Crippen LogP contribution in [0.1, 0.15) is 36.6 Å². The summed E-state index contributed by atoms with van der Waals surface area (Å²) in [6.45, 7) is 0.0471. The van der Waals surface area contributed by atoms with Crippen LogP contribution in [0.5, 0.6) is 0 Å². The zero-order valence-corrected chi connectivity index (χ0v) is 12.5. The minimum Gasteiger partial charge on any atom is -0.478 e. The number of hydrogen-bond acceptors (Lipinski definition) is 3. The number of nitrogens with one attached hydrogen (secondary N) is 1. The quantitative estimate of drug-likeness (QED) is 0.780. The fraction of sp³-hybridized carbons (Fsp3) is 0.0625. The lowest BCUT2D eigenvalue weighted by Gasteiger charge is -2.09. The van der Waals surface area contributed by atoms with Crippen LogP contribution in [0.3, 0.4) is 0 Å². The average molecular weight is 334 g/mol. The van der Waals surface area contributed by atoms with Gasteiger partial charge in [0.25, 0.3) is 5.91 Å². The second-order valence-corrected chi connectivity index (χ2v) is 5.05. The minimum atomic E-state index is -1.19. The van der Waals surface area contributed by atoms with E-state index in [0.29, 0.717) is 5.56 Å². The van der Waals surface area contributed by atoms with Crippen LogP contribution in [0.2, 0.25) is 5.02 Å². The molecule has 0 saturated heterocycles. The minimum absolute atomic E-state index is 0.0401. The molecule has 0 aromatic heterocycles. The van der Waals surface area contributed by atoms with Gasteiger partial charge in [-0.25, -0.2) is 9.59 Å². The zero-order valence-electron chi connectivity index (χ0n) is 11.7. The molecule has 7 heteroatoms. The number of benzene rings is 2. The van der Waals surface area contributed by atoms with Crippen molar-refractivity contribution in [3.8, 4) is 0 Å². The molecule has 118 valence electrons.